The molecule has 5 heteroatoms. The summed E-state index contributed by atoms with van der Waals surface area (Å²) >= 11 is 13.4. The van der Waals surface area contributed by atoms with Crippen LogP contribution in [0.5, 0.6) is 0 Å². The normalized spacial score (nSPS) is 12.4. The quantitative estimate of drug-likeness (QED) is 0.787. The van der Waals surface area contributed by atoms with Crippen LogP contribution in [0.4, 0.5) is 4.39 Å². The van der Waals surface area contributed by atoms with E-state index in [0.29, 0.717) is 14.9 Å². The van der Waals surface area contributed by atoms with E-state index in [9.17, 15) is 4.39 Å². The molecule has 0 aliphatic heterocycles. The lowest BCUT2D eigenvalue weighted by atomic mass is 10.1. The summed E-state index contributed by atoms with van der Waals surface area (Å²) in [6.45, 7) is 1.98. The molecule has 0 amide bonds. The van der Waals surface area contributed by atoms with Gasteiger partial charge >= 0.3 is 0 Å². The fourth-order valence-corrected chi connectivity index (χ4v) is 3.36. The monoisotopic (exact) mass is 329 g/mol. The van der Waals surface area contributed by atoms with Crippen molar-refractivity contribution in [3.8, 4) is 0 Å². The standard InChI is InChI=1S/C15H14Cl2FNS/c1-9(19-2)11-4-3-5-13(18)15(11)20-14-8-10(16)6-7-12(14)17/h3-9,19H,1-2H3. The molecule has 0 aromatic heterocycles. The fraction of sp³-hybridized carbons (Fsp3) is 0.200. The van der Waals surface area contributed by atoms with Crippen LogP contribution in [-0.2, 0) is 0 Å². The number of rotatable bonds is 4. The first kappa shape index (κ1) is 15.6. The van der Waals surface area contributed by atoms with Crippen molar-refractivity contribution >= 4 is 35.0 Å². The number of halogens is 3. The van der Waals surface area contributed by atoms with Gasteiger partial charge in [-0.3, -0.25) is 0 Å². The summed E-state index contributed by atoms with van der Waals surface area (Å²) in [6, 6.07) is 10.3. The Labute approximate surface area is 132 Å². The van der Waals surface area contributed by atoms with Crippen LogP contribution in [0.1, 0.15) is 18.5 Å². The maximum Gasteiger partial charge on any atom is 0.137 e. The van der Waals surface area contributed by atoms with E-state index in [-0.39, 0.29) is 11.9 Å². The lowest BCUT2D eigenvalue weighted by molar-refractivity contribution is 0.576. The van der Waals surface area contributed by atoms with Crippen molar-refractivity contribution in [3.63, 3.8) is 0 Å². The van der Waals surface area contributed by atoms with Gasteiger partial charge in [0.2, 0.25) is 0 Å². The molecule has 2 aromatic carbocycles. The molecule has 0 bridgehead atoms. The summed E-state index contributed by atoms with van der Waals surface area (Å²) in [4.78, 5) is 1.31. The Bertz CT molecular complexity index is 619. The average molecular weight is 330 g/mol. The maximum atomic E-state index is 14.1. The highest BCUT2D eigenvalue weighted by Crippen LogP contribution is 2.39. The average Bonchev–Trinajstić information content (AvgIpc) is 2.44. The zero-order chi connectivity index (χ0) is 14.7. The molecule has 0 radical (unpaired) electrons. The predicted molar refractivity (Wildman–Crippen MR) is 84.5 cm³/mol. The molecule has 1 atom stereocenters. The fourth-order valence-electron chi connectivity index (χ4n) is 1.80. The number of nitrogens with one attached hydrogen (secondary N) is 1. The topological polar surface area (TPSA) is 12.0 Å². The second-order valence-electron chi connectivity index (χ2n) is 4.35. The smallest absolute Gasteiger partial charge is 0.137 e. The largest absolute Gasteiger partial charge is 0.313 e. The van der Waals surface area contributed by atoms with E-state index < -0.39 is 0 Å². The van der Waals surface area contributed by atoms with Gasteiger partial charge in [-0.05, 0) is 43.8 Å². The zero-order valence-electron chi connectivity index (χ0n) is 11.1. The Hall–Kier alpha value is -0.740. The van der Waals surface area contributed by atoms with E-state index in [0.717, 1.165) is 10.5 Å². The van der Waals surface area contributed by atoms with Crippen molar-refractivity contribution in [1.82, 2.24) is 5.32 Å². The molecule has 0 saturated heterocycles. The number of hydrogen-bond donors (Lipinski definition) is 1. The first-order chi connectivity index (χ1) is 9.52. The molecular weight excluding hydrogens is 316 g/mol. The van der Waals surface area contributed by atoms with Crippen LogP contribution in [0.2, 0.25) is 10.0 Å². The van der Waals surface area contributed by atoms with Gasteiger partial charge < -0.3 is 5.32 Å². The van der Waals surface area contributed by atoms with E-state index in [2.05, 4.69) is 5.32 Å². The molecule has 0 heterocycles. The zero-order valence-corrected chi connectivity index (χ0v) is 13.4. The Kier molecular flexibility index (Phi) is 5.33. The van der Waals surface area contributed by atoms with Crippen molar-refractivity contribution in [2.45, 2.75) is 22.8 Å². The third-order valence-corrected chi connectivity index (χ3v) is 4.87. The number of benzene rings is 2. The minimum Gasteiger partial charge on any atom is -0.313 e. The molecule has 20 heavy (non-hydrogen) atoms. The van der Waals surface area contributed by atoms with Crippen molar-refractivity contribution in [2.75, 3.05) is 7.05 Å². The van der Waals surface area contributed by atoms with Crippen LogP contribution < -0.4 is 5.32 Å². The first-order valence-corrected chi connectivity index (χ1v) is 7.68. The summed E-state index contributed by atoms with van der Waals surface area (Å²) in [7, 11) is 1.84. The van der Waals surface area contributed by atoms with Gasteiger partial charge in [0.25, 0.3) is 0 Å². The third-order valence-electron chi connectivity index (χ3n) is 3.00. The van der Waals surface area contributed by atoms with Crippen molar-refractivity contribution in [1.29, 1.82) is 0 Å². The molecule has 1 N–H and O–H groups in total. The van der Waals surface area contributed by atoms with Gasteiger partial charge in [0.1, 0.15) is 5.82 Å². The van der Waals surface area contributed by atoms with Gasteiger partial charge in [0, 0.05) is 16.0 Å². The summed E-state index contributed by atoms with van der Waals surface area (Å²) in [5.74, 6) is -0.259. The molecule has 1 nitrogen and oxygen atoms in total. The highest BCUT2D eigenvalue weighted by Gasteiger charge is 2.15. The van der Waals surface area contributed by atoms with E-state index in [1.807, 2.05) is 20.0 Å². The van der Waals surface area contributed by atoms with Crippen LogP contribution in [0, 0.1) is 5.82 Å². The summed E-state index contributed by atoms with van der Waals surface area (Å²) < 4.78 is 14.1. The molecular formula is C15H14Cl2FNS. The molecule has 0 aliphatic rings. The van der Waals surface area contributed by atoms with E-state index in [1.54, 1.807) is 24.3 Å². The van der Waals surface area contributed by atoms with Crippen LogP contribution in [-0.4, -0.2) is 7.05 Å². The van der Waals surface area contributed by atoms with E-state index in [4.69, 9.17) is 23.2 Å². The van der Waals surface area contributed by atoms with Gasteiger partial charge in [-0.2, -0.15) is 0 Å². The molecule has 0 spiro atoms. The third kappa shape index (κ3) is 3.47. The highest BCUT2D eigenvalue weighted by molar-refractivity contribution is 7.99. The maximum absolute atomic E-state index is 14.1. The van der Waals surface area contributed by atoms with Gasteiger partial charge in [0.15, 0.2) is 0 Å². The summed E-state index contributed by atoms with van der Waals surface area (Å²) in [6.07, 6.45) is 0. The van der Waals surface area contributed by atoms with E-state index >= 15 is 0 Å². The van der Waals surface area contributed by atoms with Crippen LogP contribution in [0.15, 0.2) is 46.2 Å². The molecule has 106 valence electrons. The lowest BCUT2D eigenvalue weighted by Gasteiger charge is -2.16. The van der Waals surface area contributed by atoms with Crippen molar-refractivity contribution in [3.05, 3.63) is 57.8 Å². The molecule has 2 rings (SSSR count). The van der Waals surface area contributed by atoms with Crippen molar-refractivity contribution in [2.24, 2.45) is 0 Å². The second kappa shape index (κ2) is 6.81. The Balaban J connectivity index is 2.45. The Morgan fingerprint density at radius 1 is 1.20 bits per heavy atom. The van der Waals surface area contributed by atoms with Crippen LogP contribution >= 0.6 is 35.0 Å². The van der Waals surface area contributed by atoms with Crippen molar-refractivity contribution < 1.29 is 4.39 Å². The molecule has 0 aliphatic carbocycles. The summed E-state index contributed by atoms with van der Waals surface area (Å²) in [5, 5.41) is 4.26. The summed E-state index contributed by atoms with van der Waals surface area (Å²) in [5.41, 5.74) is 0.897. The number of hydrogen-bond acceptors (Lipinski definition) is 2. The highest BCUT2D eigenvalue weighted by atomic mass is 35.5. The van der Waals surface area contributed by atoms with Gasteiger partial charge in [-0.25, -0.2) is 4.39 Å². The molecule has 1 unspecified atom stereocenters. The van der Waals surface area contributed by atoms with Gasteiger partial charge in [0.05, 0.1) is 9.92 Å². The van der Waals surface area contributed by atoms with Crippen LogP contribution in [0.3, 0.4) is 0 Å². The molecule has 0 fully saturated rings. The van der Waals surface area contributed by atoms with E-state index in [1.165, 1.54) is 17.8 Å². The minimum absolute atomic E-state index is 0.0474. The van der Waals surface area contributed by atoms with Crippen LogP contribution in [0.25, 0.3) is 0 Å². The molecule has 0 saturated carbocycles. The first-order valence-electron chi connectivity index (χ1n) is 6.11. The predicted octanol–water partition coefficient (Wildman–Crippen LogP) is 5.56. The Morgan fingerprint density at radius 2 is 1.95 bits per heavy atom. The minimum atomic E-state index is -0.259. The lowest BCUT2D eigenvalue weighted by Crippen LogP contribution is -2.13. The molecule has 2 aromatic rings. The van der Waals surface area contributed by atoms with Gasteiger partial charge in [-0.1, -0.05) is 47.1 Å². The SMILES string of the molecule is CNC(C)c1cccc(F)c1Sc1cc(Cl)ccc1Cl. The Morgan fingerprint density at radius 3 is 2.65 bits per heavy atom. The van der Waals surface area contributed by atoms with Gasteiger partial charge in [-0.15, -0.1) is 0 Å². The second-order valence-corrected chi connectivity index (χ2v) is 6.24.